The van der Waals surface area contributed by atoms with Crippen LogP contribution in [0.1, 0.15) is 39.2 Å². The Hall–Kier alpha value is -0.840. The SMILES string of the molecule is Cc1ccc(CN(CC(O)COC(C)C)C(C)C)o1. The molecule has 0 saturated carbocycles. The molecule has 0 aromatic carbocycles. The summed E-state index contributed by atoms with van der Waals surface area (Å²) >= 11 is 0. The normalized spacial score (nSPS) is 13.7. The monoisotopic (exact) mass is 269 g/mol. The van der Waals surface area contributed by atoms with Crippen LogP contribution < -0.4 is 0 Å². The van der Waals surface area contributed by atoms with E-state index in [1.165, 1.54) is 0 Å². The van der Waals surface area contributed by atoms with Gasteiger partial charge in [0, 0.05) is 12.6 Å². The number of hydrogen-bond donors (Lipinski definition) is 1. The van der Waals surface area contributed by atoms with Gasteiger partial charge in [-0.25, -0.2) is 0 Å². The van der Waals surface area contributed by atoms with Gasteiger partial charge in [-0.15, -0.1) is 0 Å². The summed E-state index contributed by atoms with van der Waals surface area (Å²) in [5, 5.41) is 10.0. The lowest BCUT2D eigenvalue weighted by Crippen LogP contribution is -2.39. The molecule has 1 aromatic heterocycles. The van der Waals surface area contributed by atoms with Crippen molar-refractivity contribution in [3.63, 3.8) is 0 Å². The van der Waals surface area contributed by atoms with Gasteiger partial charge >= 0.3 is 0 Å². The standard InChI is InChI=1S/C15H27NO3/c1-11(2)16(8-14(17)10-18-12(3)4)9-15-7-6-13(5)19-15/h6-7,11-12,14,17H,8-10H2,1-5H3. The van der Waals surface area contributed by atoms with Crippen LogP contribution in [0.15, 0.2) is 16.5 Å². The molecule has 0 saturated heterocycles. The van der Waals surface area contributed by atoms with E-state index in [2.05, 4.69) is 18.7 Å². The van der Waals surface area contributed by atoms with Crippen molar-refractivity contribution >= 4 is 0 Å². The molecule has 0 amide bonds. The molecule has 0 aliphatic rings. The van der Waals surface area contributed by atoms with E-state index in [4.69, 9.17) is 9.15 Å². The first-order valence-electron chi connectivity index (χ1n) is 6.97. The lowest BCUT2D eigenvalue weighted by Gasteiger charge is -2.28. The second-order valence-electron chi connectivity index (χ2n) is 5.57. The lowest BCUT2D eigenvalue weighted by molar-refractivity contribution is -0.0145. The van der Waals surface area contributed by atoms with Crippen molar-refractivity contribution in [2.24, 2.45) is 0 Å². The summed E-state index contributed by atoms with van der Waals surface area (Å²) in [4.78, 5) is 2.19. The lowest BCUT2D eigenvalue weighted by atomic mass is 10.2. The highest BCUT2D eigenvalue weighted by Gasteiger charge is 2.17. The van der Waals surface area contributed by atoms with Crippen LogP contribution in [0.4, 0.5) is 0 Å². The highest BCUT2D eigenvalue weighted by Crippen LogP contribution is 2.12. The van der Waals surface area contributed by atoms with Crippen LogP contribution in [0.5, 0.6) is 0 Å². The summed E-state index contributed by atoms with van der Waals surface area (Å²) in [5.74, 6) is 1.85. The summed E-state index contributed by atoms with van der Waals surface area (Å²) < 4.78 is 11.0. The molecular formula is C15H27NO3. The van der Waals surface area contributed by atoms with Crippen molar-refractivity contribution in [2.45, 2.75) is 59.4 Å². The van der Waals surface area contributed by atoms with Crippen LogP contribution in [-0.2, 0) is 11.3 Å². The first kappa shape index (κ1) is 16.2. The molecule has 1 rings (SSSR count). The van der Waals surface area contributed by atoms with E-state index >= 15 is 0 Å². The van der Waals surface area contributed by atoms with Crippen molar-refractivity contribution in [1.29, 1.82) is 0 Å². The maximum absolute atomic E-state index is 10.0. The summed E-state index contributed by atoms with van der Waals surface area (Å²) in [6.45, 7) is 11.8. The van der Waals surface area contributed by atoms with Gasteiger partial charge in [-0.1, -0.05) is 0 Å². The molecule has 4 nitrogen and oxygen atoms in total. The number of hydrogen-bond acceptors (Lipinski definition) is 4. The third-order valence-corrected chi connectivity index (χ3v) is 2.95. The van der Waals surface area contributed by atoms with Gasteiger partial charge in [0.1, 0.15) is 11.5 Å². The fourth-order valence-corrected chi connectivity index (χ4v) is 1.86. The van der Waals surface area contributed by atoms with Gasteiger partial charge in [0.05, 0.1) is 25.4 Å². The molecular weight excluding hydrogens is 242 g/mol. The van der Waals surface area contributed by atoms with E-state index in [1.807, 2.05) is 32.9 Å². The molecule has 0 spiro atoms. The molecule has 0 fully saturated rings. The fraction of sp³-hybridized carbons (Fsp3) is 0.733. The summed E-state index contributed by atoms with van der Waals surface area (Å²) in [6, 6.07) is 4.30. The Morgan fingerprint density at radius 2 is 1.95 bits per heavy atom. The second-order valence-corrected chi connectivity index (χ2v) is 5.57. The fourth-order valence-electron chi connectivity index (χ4n) is 1.86. The maximum Gasteiger partial charge on any atom is 0.118 e. The van der Waals surface area contributed by atoms with Crippen LogP contribution in [-0.4, -0.2) is 41.4 Å². The van der Waals surface area contributed by atoms with E-state index in [-0.39, 0.29) is 6.10 Å². The largest absolute Gasteiger partial charge is 0.465 e. The number of aliphatic hydroxyl groups is 1. The molecule has 1 heterocycles. The Bertz CT molecular complexity index is 360. The van der Waals surface area contributed by atoms with Gasteiger partial charge in [0.15, 0.2) is 0 Å². The van der Waals surface area contributed by atoms with Crippen LogP contribution in [0.2, 0.25) is 0 Å². The Morgan fingerprint density at radius 3 is 2.42 bits per heavy atom. The molecule has 0 radical (unpaired) electrons. The summed E-state index contributed by atoms with van der Waals surface area (Å²) in [7, 11) is 0. The Labute approximate surface area is 116 Å². The van der Waals surface area contributed by atoms with Crippen LogP contribution in [0.25, 0.3) is 0 Å². The molecule has 1 N–H and O–H groups in total. The number of aryl methyl sites for hydroxylation is 1. The van der Waals surface area contributed by atoms with Gasteiger partial charge in [-0.2, -0.15) is 0 Å². The van der Waals surface area contributed by atoms with E-state index < -0.39 is 6.10 Å². The number of furan rings is 1. The van der Waals surface area contributed by atoms with Gasteiger partial charge in [-0.05, 0) is 46.8 Å². The van der Waals surface area contributed by atoms with Crippen molar-refractivity contribution in [1.82, 2.24) is 4.90 Å². The minimum atomic E-state index is -0.471. The number of rotatable bonds is 8. The van der Waals surface area contributed by atoms with Crippen molar-refractivity contribution in [3.05, 3.63) is 23.7 Å². The molecule has 1 atom stereocenters. The van der Waals surface area contributed by atoms with Crippen LogP contribution in [0, 0.1) is 6.92 Å². The highest BCUT2D eigenvalue weighted by molar-refractivity contribution is 5.05. The highest BCUT2D eigenvalue weighted by atomic mass is 16.5. The quantitative estimate of drug-likeness (QED) is 0.788. The number of ether oxygens (including phenoxy) is 1. The topological polar surface area (TPSA) is 45.8 Å². The van der Waals surface area contributed by atoms with Crippen molar-refractivity contribution in [2.75, 3.05) is 13.2 Å². The minimum absolute atomic E-state index is 0.148. The van der Waals surface area contributed by atoms with Crippen LogP contribution >= 0.6 is 0 Å². The third-order valence-electron chi connectivity index (χ3n) is 2.95. The predicted molar refractivity (Wildman–Crippen MR) is 76.1 cm³/mol. The van der Waals surface area contributed by atoms with Crippen LogP contribution in [0.3, 0.4) is 0 Å². The molecule has 1 unspecified atom stereocenters. The van der Waals surface area contributed by atoms with Crippen molar-refractivity contribution < 1.29 is 14.3 Å². The zero-order valence-corrected chi connectivity index (χ0v) is 12.7. The predicted octanol–water partition coefficient (Wildman–Crippen LogP) is 2.58. The van der Waals surface area contributed by atoms with E-state index in [1.54, 1.807) is 0 Å². The molecule has 0 aliphatic heterocycles. The molecule has 0 bridgehead atoms. The van der Waals surface area contributed by atoms with E-state index in [0.29, 0.717) is 25.7 Å². The summed E-state index contributed by atoms with van der Waals surface area (Å²) in [6.07, 6.45) is -0.323. The Balaban J connectivity index is 2.48. The minimum Gasteiger partial charge on any atom is -0.465 e. The second kappa shape index (κ2) is 7.68. The number of nitrogens with zero attached hydrogens (tertiary/aromatic N) is 1. The third kappa shape index (κ3) is 6.23. The molecule has 110 valence electrons. The smallest absolute Gasteiger partial charge is 0.118 e. The van der Waals surface area contributed by atoms with Gasteiger partial charge in [0.2, 0.25) is 0 Å². The summed E-state index contributed by atoms with van der Waals surface area (Å²) in [5.41, 5.74) is 0. The van der Waals surface area contributed by atoms with Gasteiger partial charge in [0.25, 0.3) is 0 Å². The molecule has 1 aromatic rings. The van der Waals surface area contributed by atoms with Gasteiger partial charge < -0.3 is 14.3 Å². The zero-order chi connectivity index (χ0) is 14.4. The van der Waals surface area contributed by atoms with Crippen molar-refractivity contribution in [3.8, 4) is 0 Å². The number of aliphatic hydroxyl groups excluding tert-OH is 1. The zero-order valence-electron chi connectivity index (χ0n) is 12.7. The molecule has 0 aliphatic carbocycles. The maximum atomic E-state index is 10.0. The van der Waals surface area contributed by atoms with E-state index in [0.717, 1.165) is 11.5 Å². The average molecular weight is 269 g/mol. The first-order chi connectivity index (χ1) is 8.88. The first-order valence-corrected chi connectivity index (χ1v) is 6.97. The average Bonchev–Trinajstić information content (AvgIpc) is 2.71. The van der Waals surface area contributed by atoms with Gasteiger partial charge in [-0.3, -0.25) is 4.90 Å². The Morgan fingerprint density at radius 1 is 1.26 bits per heavy atom. The molecule has 4 heteroatoms. The van der Waals surface area contributed by atoms with E-state index in [9.17, 15) is 5.11 Å². The Kier molecular flexibility index (Phi) is 6.55. The molecule has 19 heavy (non-hydrogen) atoms.